The van der Waals surface area contributed by atoms with Gasteiger partial charge in [0.05, 0.1) is 6.04 Å². The summed E-state index contributed by atoms with van der Waals surface area (Å²) in [5, 5.41) is 7.43. The van der Waals surface area contributed by atoms with Crippen molar-refractivity contribution in [3.63, 3.8) is 0 Å². The number of halogens is 1. The minimum Gasteiger partial charge on any atom is -0.343 e. The average Bonchev–Trinajstić information content (AvgIpc) is 3.20. The Morgan fingerprint density at radius 1 is 0.971 bits per heavy atom. The lowest BCUT2D eigenvalue weighted by Crippen LogP contribution is -2.20. The molecule has 5 rings (SSSR count). The maximum Gasteiger partial charge on any atom is 0.256 e. The average molecular weight is 487 g/mol. The van der Waals surface area contributed by atoms with Crippen LogP contribution in [0.4, 0.5) is 15.3 Å². The second-order valence-corrected chi connectivity index (χ2v) is 9.99. The third kappa shape index (κ3) is 5.10. The molecular weight excluding hydrogens is 459 g/mol. The highest BCUT2D eigenvalue weighted by Gasteiger charge is 2.29. The molecule has 0 radical (unpaired) electrons. The number of thiophene rings is 1. The van der Waals surface area contributed by atoms with Gasteiger partial charge in [-0.25, -0.2) is 14.4 Å². The summed E-state index contributed by atoms with van der Waals surface area (Å²) in [5.74, 6) is 0.00792. The molecule has 35 heavy (non-hydrogen) atoms. The summed E-state index contributed by atoms with van der Waals surface area (Å²) >= 11 is 1.62. The molecule has 2 heterocycles. The molecule has 0 bridgehead atoms. The van der Waals surface area contributed by atoms with Crippen LogP contribution in [0.2, 0.25) is 0 Å². The first-order valence-electron chi connectivity index (χ1n) is 11.8. The predicted octanol–water partition coefficient (Wildman–Crippen LogP) is 6.63. The number of nitrogens with one attached hydrogen (secondary N) is 2. The number of hydrogen-bond donors (Lipinski definition) is 2. The molecule has 2 N–H and O–H groups in total. The minimum absolute atomic E-state index is 0.161. The molecule has 1 aliphatic carbocycles. The Bertz CT molecular complexity index is 1350. The topological polar surface area (TPSA) is 66.9 Å². The third-order valence-electron chi connectivity index (χ3n) is 6.20. The lowest BCUT2D eigenvalue weighted by molar-refractivity contribution is 0.102. The molecule has 0 spiro atoms. The van der Waals surface area contributed by atoms with Crippen molar-refractivity contribution in [2.45, 2.75) is 45.6 Å². The SMILES string of the molecule is Cc1cc(C)nc(N[C@H](c2cccc(F)c2)c2c(NC(=O)c3ccccc3)sc3c2CCCC3)n1. The fourth-order valence-corrected chi connectivity index (χ4v) is 6.00. The van der Waals surface area contributed by atoms with Gasteiger partial charge in [0.25, 0.3) is 5.91 Å². The van der Waals surface area contributed by atoms with Crippen molar-refractivity contribution in [2.24, 2.45) is 0 Å². The van der Waals surface area contributed by atoms with Gasteiger partial charge in [-0.1, -0.05) is 30.3 Å². The summed E-state index contributed by atoms with van der Waals surface area (Å²) in [6.07, 6.45) is 4.10. The van der Waals surface area contributed by atoms with E-state index < -0.39 is 6.04 Å². The van der Waals surface area contributed by atoms with E-state index in [-0.39, 0.29) is 11.7 Å². The highest BCUT2D eigenvalue weighted by atomic mass is 32.1. The minimum atomic E-state index is -0.420. The summed E-state index contributed by atoms with van der Waals surface area (Å²) in [5.41, 5.74) is 5.26. The number of nitrogens with zero attached hydrogens (tertiary/aromatic N) is 2. The third-order valence-corrected chi connectivity index (χ3v) is 7.42. The molecule has 0 unspecified atom stereocenters. The molecular formula is C28H27FN4OS. The van der Waals surface area contributed by atoms with Gasteiger partial charge in [0, 0.05) is 27.4 Å². The Morgan fingerprint density at radius 2 is 1.71 bits per heavy atom. The van der Waals surface area contributed by atoms with Gasteiger partial charge in [-0.05, 0) is 81.0 Å². The largest absolute Gasteiger partial charge is 0.343 e. The first-order valence-corrected chi connectivity index (χ1v) is 12.6. The van der Waals surface area contributed by atoms with E-state index in [1.54, 1.807) is 29.5 Å². The molecule has 2 aromatic carbocycles. The van der Waals surface area contributed by atoms with E-state index in [4.69, 9.17) is 0 Å². The van der Waals surface area contributed by atoms with Crippen molar-refractivity contribution in [3.05, 3.63) is 105 Å². The van der Waals surface area contributed by atoms with Gasteiger partial charge >= 0.3 is 0 Å². The first kappa shape index (κ1) is 23.2. The monoisotopic (exact) mass is 486 g/mol. The van der Waals surface area contributed by atoms with Gasteiger partial charge in [-0.3, -0.25) is 4.79 Å². The molecule has 1 aliphatic rings. The molecule has 0 saturated carbocycles. The number of amides is 1. The maximum absolute atomic E-state index is 14.4. The Hall–Kier alpha value is -3.58. The molecule has 7 heteroatoms. The maximum atomic E-state index is 14.4. The number of fused-ring (bicyclic) bond motifs is 1. The zero-order chi connectivity index (χ0) is 24.4. The van der Waals surface area contributed by atoms with Crippen molar-refractivity contribution >= 4 is 28.2 Å². The van der Waals surface area contributed by atoms with Crippen LogP contribution in [0.15, 0.2) is 60.7 Å². The molecule has 4 aromatic rings. The van der Waals surface area contributed by atoms with Crippen molar-refractivity contribution in [2.75, 3.05) is 10.6 Å². The molecule has 5 nitrogen and oxygen atoms in total. The molecule has 178 valence electrons. The van der Waals surface area contributed by atoms with E-state index in [9.17, 15) is 9.18 Å². The Kier molecular flexibility index (Phi) is 6.59. The Morgan fingerprint density at radius 3 is 2.46 bits per heavy atom. The number of anilines is 2. The summed E-state index contributed by atoms with van der Waals surface area (Å²) < 4.78 is 14.4. The van der Waals surface area contributed by atoms with E-state index in [2.05, 4.69) is 20.6 Å². The van der Waals surface area contributed by atoms with Gasteiger partial charge in [-0.2, -0.15) is 0 Å². The van der Waals surface area contributed by atoms with Crippen molar-refractivity contribution in [3.8, 4) is 0 Å². The summed E-state index contributed by atoms with van der Waals surface area (Å²) in [6, 6.07) is 17.3. The van der Waals surface area contributed by atoms with Gasteiger partial charge < -0.3 is 10.6 Å². The van der Waals surface area contributed by atoms with Crippen LogP contribution in [-0.4, -0.2) is 15.9 Å². The predicted molar refractivity (Wildman–Crippen MR) is 139 cm³/mol. The van der Waals surface area contributed by atoms with Crippen molar-refractivity contribution in [1.82, 2.24) is 9.97 Å². The number of benzene rings is 2. The van der Waals surface area contributed by atoms with Crippen LogP contribution < -0.4 is 10.6 Å². The fraction of sp³-hybridized carbons (Fsp3) is 0.250. The van der Waals surface area contributed by atoms with Gasteiger partial charge in [0.2, 0.25) is 5.95 Å². The van der Waals surface area contributed by atoms with Crippen LogP contribution >= 0.6 is 11.3 Å². The van der Waals surface area contributed by atoms with E-state index in [1.807, 2.05) is 44.2 Å². The van der Waals surface area contributed by atoms with Crippen molar-refractivity contribution < 1.29 is 9.18 Å². The standard InChI is InChI=1S/C28H27FN4OS/c1-17-15-18(2)31-28(30-17)32-25(20-11-8-12-21(29)16-20)24-22-13-6-7-14-23(22)35-27(24)33-26(34)19-9-4-3-5-10-19/h3-5,8-12,15-16,25H,6-7,13-14H2,1-2H3,(H,33,34)(H,30,31,32)/t25-/m1/s1. The highest BCUT2D eigenvalue weighted by molar-refractivity contribution is 7.16. The zero-order valence-electron chi connectivity index (χ0n) is 19.8. The molecule has 0 saturated heterocycles. The molecule has 1 atom stereocenters. The van der Waals surface area contributed by atoms with Gasteiger partial charge in [0.15, 0.2) is 0 Å². The highest BCUT2D eigenvalue weighted by Crippen LogP contribution is 2.44. The van der Waals surface area contributed by atoms with Crippen LogP contribution in [0, 0.1) is 19.7 Å². The Labute approximate surface area is 208 Å². The van der Waals surface area contributed by atoms with Crippen LogP contribution in [0.25, 0.3) is 0 Å². The number of rotatable bonds is 6. The number of aromatic nitrogens is 2. The Balaban J connectivity index is 1.63. The second-order valence-electron chi connectivity index (χ2n) is 8.88. The summed E-state index contributed by atoms with van der Waals surface area (Å²) in [4.78, 5) is 23.6. The van der Waals surface area contributed by atoms with Crippen molar-refractivity contribution in [1.29, 1.82) is 0 Å². The van der Waals surface area contributed by atoms with Crippen LogP contribution in [0.5, 0.6) is 0 Å². The molecule has 0 aliphatic heterocycles. The number of hydrogen-bond acceptors (Lipinski definition) is 5. The molecule has 0 fully saturated rings. The number of carbonyl (C=O) groups is 1. The van der Waals surface area contributed by atoms with Gasteiger partial charge in [-0.15, -0.1) is 11.3 Å². The van der Waals surface area contributed by atoms with Crippen LogP contribution in [0.1, 0.15) is 62.2 Å². The van der Waals surface area contributed by atoms with E-state index in [1.165, 1.54) is 22.6 Å². The normalized spacial score (nSPS) is 13.7. The fourth-order valence-electron chi connectivity index (χ4n) is 4.68. The van der Waals surface area contributed by atoms with E-state index in [0.717, 1.165) is 53.2 Å². The number of aryl methyl sites for hydroxylation is 3. The molecule has 2 aromatic heterocycles. The van der Waals surface area contributed by atoms with Crippen LogP contribution in [0.3, 0.4) is 0 Å². The van der Waals surface area contributed by atoms with E-state index in [0.29, 0.717) is 11.5 Å². The first-order chi connectivity index (χ1) is 17.0. The number of carbonyl (C=O) groups excluding carboxylic acids is 1. The lowest BCUT2D eigenvalue weighted by Gasteiger charge is -2.24. The zero-order valence-corrected chi connectivity index (χ0v) is 20.6. The quantitative estimate of drug-likeness (QED) is 0.321. The van der Waals surface area contributed by atoms with Gasteiger partial charge in [0.1, 0.15) is 10.8 Å². The summed E-state index contributed by atoms with van der Waals surface area (Å²) in [6.45, 7) is 3.85. The smallest absolute Gasteiger partial charge is 0.256 e. The molecule has 1 amide bonds. The second kappa shape index (κ2) is 9.96. The van der Waals surface area contributed by atoms with E-state index >= 15 is 0 Å². The van der Waals surface area contributed by atoms with Crippen LogP contribution in [-0.2, 0) is 12.8 Å². The lowest BCUT2D eigenvalue weighted by atomic mass is 9.89. The summed E-state index contributed by atoms with van der Waals surface area (Å²) in [7, 11) is 0.